The van der Waals surface area contributed by atoms with Gasteiger partial charge in [0, 0.05) is 36.3 Å². The summed E-state index contributed by atoms with van der Waals surface area (Å²) in [6, 6.07) is 11.1. The molecule has 0 spiro atoms. The van der Waals surface area contributed by atoms with Crippen molar-refractivity contribution in [2.24, 2.45) is 0 Å². The highest BCUT2D eigenvalue weighted by Crippen LogP contribution is 2.13. The number of hydrogen-bond donors (Lipinski definition) is 1. The molecule has 0 unspecified atom stereocenters. The topological polar surface area (TPSA) is 59.8 Å². The van der Waals surface area contributed by atoms with Crippen molar-refractivity contribution in [3.8, 4) is 5.13 Å². The first kappa shape index (κ1) is 13.5. The van der Waals surface area contributed by atoms with Crippen LogP contribution in [0.2, 0.25) is 0 Å². The Morgan fingerprint density at radius 2 is 2.10 bits per heavy atom. The smallest absolute Gasteiger partial charge is 0.251 e. The highest BCUT2D eigenvalue weighted by atomic mass is 32.1. The fourth-order valence-electron chi connectivity index (χ4n) is 1.89. The molecule has 106 valence electrons. The zero-order valence-corrected chi connectivity index (χ0v) is 12.1. The summed E-state index contributed by atoms with van der Waals surface area (Å²) in [5.41, 5.74) is 1.63. The summed E-state index contributed by atoms with van der Waals surface area (Å²) in [4.78, 5) is 16.4. The van der Waals surface area contributed by atoms with Crippen LogP contribution in [-0.2, 0) is 6.42 Å². The number of rotatable bonds is 5. The predicted molar refractivity (Wildman–Crippen MR) is 81.7 cm³/mol. The van der Waals surface area contributed by atoms with Crippen LogP contribution in [0.3, 0.4) is 0 Å². The number of aromatic nitrogens is 3. The summed E-state index contributed by atoms with van der Waals surface area (Å²) >= 11 is 1.54. The van der Waals surface area contributed by atoms with Crippen molar-refractivity contribution in [2.45, 2.75) is 6.42 Å². The van der Waals surface area contributed by atoms with E-state index in [9.17, 15) is 4.79 Å². The summed E-state index contributed by atoms with van der Waals surface area (Å²) in [5, 5.41) is 9.87. The van der Waals surface area contributed by atoms with Gasteiger partial charge in [0.1, 0.15) is 0 Å². The molecule has 1 N–H and O–H groups in total. The van der Waals surface area contributed by atoms with E-state index < -0.39 is 0 Å². The van der Waals surface area contributed by atoms with Crippen LogP contribution in [-0.4, -0.2) is 27.2 Å². The molecule has 1 aromatic carbocycles. The van der Waals surface area contributed by atoms with E-state index in [2.05, 4.69) is 15.4 Å². The third kappa shape index (κ3) is 3.35. The van der Waals surface area contributed by atoms with Crippen LogP contribution in [0.1, 0.15) is 16.1 Å². The second-order valence-electron chi connectivity index (χ2n) is 4.44. The van der Waals surface area contributed by atoms with Crippen LogP contribution < -0.4 is 5.32 Å². The van der Waals surface area contributed by atoms with Crippen LogP contribution in [0.25, 0.3) is 5.13 Å². The Morgan fingerprint density at radius 1 is 1.24 bits per heavy atom. The molecule has 0 saturated heterocycles. The molecule has 2 aromatic heterocycles. The number of nitrogens with one attached hydrogen (secondary N) is 1. The van der Waals surface area contributed by atoms with E-state index in [0.29, 0.717) is 18.5 Å². The minimum Gasteiger partial charge on any atom is -0.352 e. The average molecular weight is 298 g/mol. The van der Waals surface area contributed by atoms with E-state index in [1.54, 1.807) is 23.0 Å². The fraction of sp³-hybridized carbons (Fsp3) is 0.133. The van der Waals surface area contributed by atoms with E-state index in [-0.39, 0.29) is 5.91 Å². The second-order valence-corrected chi connectivity index (χ2v) is 5.28. The lowest BCUT2D eigenvalue weighted by molar-refractivity contribution is 0.0954. The van der Waals surface area contributed by atoms with Crippen molar-refractivity contribution < 1.29 is 4.79 Å². The molecule has 0 fully saturated rings. The predicted octanol–water partition coefficient (Wildman–Crippen LogP) is 2.30. The monoisotopic (exact) mass is 298 g/mol. The molecule has 3 rings (SSSR count). The van der Waals surface area contributed by atoms with Crippen LogP contribution in [0.4, 0.5) is 0 Å². The quantitative estimate of drug-likeness (QED) is 0.786. The number of carbonyl (C=O) groups is 1. The summed E-state index contributed by atoms with van der Waals surface area (Å²) in [6.45, 7) is 0.565. The molecule has 0 radical (unpaired) electrons. The number of hydrogen-bond acceptors (Lipinski definition) is 4. The molecule has 3 aromatic rings. The van der Waals surface area contributed by atoms with Crippen LogP contribution in [0, 0.1) is 0 Å². The molecule has 0 aliphatic rings. The standard InChI is InChI=1S/C15H14N4OS/c20-14(12-5-2-1-3-6-12)16-9-7-13-11-21-15(18-13)19-10-4-8-17-19/h1-6,8,10-11H,7,9H2,(H,16,20). The van der Waals surface area contributed by atoms with E-state index in [4.69, 9.17) is 0 Å². The molecule has 0 aliphatic carbocycles. The van der Waals surface area contributed by atoms with Crippen molar-refractivity contribution in [3.05, 3.63) is 65.4 Å². The normalized spacial score (nSPS) is 10.5. The lowest BCUT2D eigenvalue weighted by Crippen LogP contribution is -2.25. The SMILES string of the molecule is O=C(NCCc1csc(-n2cccn2)n1)c1ccccc1. The molecule has 1 amide bonds. The molecular formula is C15H14N4OS. The minimum absolute atomic E-state index is 0.0573. The zero-order chi connectivity index (χ0) is 14.5. The maximum Gasteiger partial charge on any atom is 0.251 e. The maximum atomic E-state index is 11.9. The molecule has 5 nitrogen and oxygen atoms in total. The largest absolute Gasteiger partial charge is 0.352 e. The summed E-state index contributed by atoms with van der Waals surface area (Å²) < 4.78 is 1.73. The minimum atomic E-state index is -0.0573. The molecule has 0 saturated carbocycles. The lowest BCUT2D eigenvalue weighted by atomic mass is 10.2. The maximum absolute atomic E-state index is 11.9. The van der Waals surface area contributed by atoms with Gasteiger partial charge in [0.2, 0.25) is 5.13 Å². The van der Waals surface area contributed by atoms with Gasteiger partial charge in [-0.3, -0.25) is 4.79 Å². The summed E-state index contributed by atoms with van der Waals surface area (Å²) in [7, 11) is 0. The Morgan fingerprint density at radius 3 is 2.86 bits per heavy atom. The van der Waals surface area contributed by atoms with Gasteiger partial charge in [-0.2, -0.15) is 5.10 Å². The molecule has 6 heteroatoms. The Balaban J connectivity index is 1.53. The van der Waals surface area contributed by atoms with Crippen molar-refractivity contribution in [2.75, 3.05) is 6.54 Å². The van der Waals surface area contributed by atoms with Gasteiger partial charge in [0.25, 0.3) is 5.91 Å². The first-order chi connectivity index (χ1) is 10.3. The number of carbonyl (C=O) groups excluding carboxylic acids is 1. The molecule has 21 heavy (non-hydrogen) atoms. The number of benzene rings is 1. The van der Waals surface area contributed by atoms with Gasteiger partial charge < -0.3 is 5.32 Å². The van der Waals surface area contributed by atoms with E-state index >= 15 is 0 Å². The van der Waals surface area contributed by atoms with Crippen molar-refractivity contribution >= 4 is 17.2 Å². The zero-order valence-electron chi connectivity index (χ0n) is 11.3. The van der Waals surface area contributed by atoms with Crippen LogP contribution >= 0.6 is 11.3 Å². The summed E-state index contributed by atoms with van der Waals surface area (Å²) in [5.74, 6) is -0.0573. The Kier molecular flexibility index (Phi) is 4.07. The molecule has 0 bridgehead atoms. The highest BCUT2D eigenvalue weighted by Gasteiger charge is 2.06. The van der Waals surface area contributed by atoms with Crippen LogP contribution in [0.15, 0.2) is 54.2 Å². The van der Waals surface area contributed by atoms with Gasteiger partial charge in [0.15, 0.2) is 0 Å². The molecular weight excluding hydrogens is 284 g/mol. The first-order valence-electron chi connectivity index (χ1n) is 6.60. The molecule has 0 aliphatic heterocycles. The number of nitrogens with zero attached hydrogens (tertiary/aromatic N) is 3. The molecule has 2 heterocycles. The van der Waals surface area contributed by atoms with E-state index in [0.717, 1.165) is 10.8 Å². The van der Waals surface area contributed by atoms with Gasteiger partial charge >= 0.3 is 0 Å². The van der Waals surface area contributed by atoms with E-state index in [1.165, 1.54) is 11.3 Å². The van der Waals surface area contributed by atoms with Gasteiger partial charge in [-0.25, -0.2) is 9.67 Å². The van der Waals surface area contributed by atoms with Crippen molar-refractivity contribution in [1.82, 2.24) is 20.1 Å². The first-order valence-corrected chi connectivity index (χ1v) is 7.48. The van der Waals surface area contributed by atoms with Gasteiger partial charge in [-0.15, -0.1) is 11.3 Å². The lowest BCUT2D eigenvalue weighted by Gasteiger charge is -2.03. The van der Waals surface area contributed by atoms with Gasteiger partial charge in [-0.05, 0) is 18.2 Å². The van der Waals surface area contributed by atoms with Crippen LogP contribution in [0.5, 0.6) is 0 Å². The number of amides is 1. The number of thiazole rings is 1. The fourth-order valence-corrected chi connectivity index (χ4v) is 2.69. The third-order valence-corrected chi connectivity index (χ3v) is 3.82. The second kappa shape index (κ2) is 6.32. The Bertz CT molecular complexity index is 706. The Hall–Kier alpha value is -2.47. The van der Waals surface area contributed by atoms with Gasteiger partial charge in [0.05, 0.1) is 5.69 Å². The molecule has 0 atom stereocenters. The van der Waals surface area contributed by atoms with E-state index in [1.807, 2.05) is 35.8 Å². The Labute approximate surface area is 126 Å². The highest BCUT2D eigenvalue weighted by molar-refractivity contribution is 7.12. The summed E-state index contributed by atoms with van der Waals surface area (Å²) in [6.07, 6.45) is 4.29. The van der Waals surface area contributed by atoms with Gasteiger partial charge in [-0.1, -0.05) is 18.2 Å². The average Bonchev–Trinajstić information content (AvgIpc) is 3.19. The third-order valence-electron chi connectivity index (χ3n) is 2.94. The van der Waals surface area contributed by atoms with Crippen molar-refractivity contribution in [1.29, 1.82) is 0 Å². The van der Waals surface area contributed by atoms with Crippen molar-refractivity contribution in [3.63, 3.8) is 0 Å².